The van der Waals surface area contributed by atoms with Crippen molar-refractivity contribution >= 4 is 11.8 Å². The van der Waals surface area contributed by atoms with Crippen LogP contribution < -0.4 is 10.6 Å². The number of rotatable bonds is 0. The molecular weight excluding hydrogens is 197 g/mol. The Morgan fingerprint density at radius 3 is 2.50 bits per heavy atom. The first-order valence-electron chi connectivity index (χ1n) is 4.05. The molecule has 0 fully saturated rings. The highest BCUT2D eigenvalue weighted by Crippen LogP contribution is 2.36. The summed E-state index contributed by atoms with van der Waals surface area (Å²) in [5, 5.41) is 0. The fourth-order valence-corrected chi connectivity index (χ4v) is 1.52. The molecule has 0 atom stereocenters. The molecular formula is C7H9F3N4. The van der Waals surface area contributed by atoms with E-state index in [0.717, 1.165) is 0 Å². The second kappa shape index (κ2) is 2.55. The molecule has 0 bridgehead atoms. The first-order chi connectivity index (χ1) is 6.41. The third-order valence-electron chi connectivity index (χ3n) is 2.26. The van der Waals surface area contributed by atoms with E-state index in [1.165, 1.54) is 4.57 Å². The van der Waals surface area contributed by atoms with E-state index in [2.05, 4.69) is 4.98 Å². The molecule has 2 rings (SSSR count). The smallest absolute Gasteiger partial charge is 0.383 e. The number of nitrogens with zero attached hydrogens (tertiary/aromatic N) is 3. The van der Waals surface area contributed by atoms with Gasteiger partial charge >= 0.3 is 6.18 Å². The minimum Gasteiger partial charge on any atom is -0.383 e. The Labute approximate surface area is 78.1 Å². The molecule has 1 aliphatic rings. The van der Waals surface area contributed by atoms with E-state index in [1.54, 1.807) is 11.9 Å². The normalized spacial score (nSPS) is 16.1. The highest BCUT2D eigenvalue weighted by molar-refractivity contribution is 5.51. The first kappa shape index (κ1) is 9.17. The molecule has 0 saturated heterocycles. The molecule has 1 aromatic rings. The largest absolute Gasteiger partial charge is 0.437 e. The van der Waals surface area contributed by atoms with E-state index in [9.17, 15) is 13.2 Å². The van der Waals surface area contributed by atoms with Gasteiger partial charge in [-0.3, -0.25) is 4.57 Å². The van der Waals surface area contributed by atoms with Gasteiger partial charge in [-0.1, -0.05) is 0 Å². The van der Waals surface area contributed by atoms with Crippen LogP contribution in [0.4, 0.5) is 24.9 Å². The van der Waals surface area contributed by atoms with Gasteiger partial charge in [-0.25, -0.2) is 4.98 Å². The molecule has 0 saturated carbocycles. The molecule has 1 aliphatic heterocycles. The van der Waals surface area contributed by atoms with Crippen molar-refractivity contribution in [1.29, 1.82) is 0 Å². The van der Waals surface area contributed by atoms with Crippen LogP contribution in [0.2, 0.25) is 0 Å². The lowest BCUT2D eigenvalue weighted by molar-refractivity contribution is -0.140. The molecule has 2 heterocycles. The number of nitrogens with two attached hydrogens (primary N) is 1. The molecule has 0 radical (unpaired) electrons. The summed E-state index contributed by atoms with van der Waals surface area (Å²) in [5.74, 6) is -0.00771. The second-order valence-corrected chi connectivity index (χ2v) is 3.22. The van der Waals surface area contributed by atoms with Gasteiger partial charge < -0.3 is 10.6 Å². The van der Waals surface area contributed by atoms with E-state index in [-0.39, 0.29) is 11.8 Å². The average Bonchev–Trinajstić information content (AvgIpc) is 2.54. The minimum atomic E-state index is -4.47. The van der Waals surface area contributed by atoms with Gasteiger partial charge in [0.25, 0.3) is 0 Å². The Kier molecular flexibility index (Phi) is 1.67. The summed E-state index contributed by atoms with van der Waals surface area (Å²) in [6.45, 7) is 1.10. The summed E-state index contributed by atoms with van der Waals surface area (Å²) in [6, 6.07) is 0. The fourth-order valence-electron chi connectivity index (χ4n) is 1.52. The Balaban J connectivity index is 2.52. The van der Waals surface area contributed by atoms with Gasteiger partial charge in [0.1, 0.15) is 5.82 Å². The maximum Gasteiger partial charge on any atom is 0.437 e. The summed E-state index contributed by atoms with van der Waals surface area (Å²) in [4.78, 5) is 5.13. The number of halogens is 3. The van der Waals surface area contributed by atoms with Crippen molar-refractivity contribution < 1.29 is 13.2 Å². The van der Waals surface area contributed by atoms with Crippen molar-refractivity contribution in [2.75, 3.05) is 24.2 Å². The summed E-state index contributed by atoms with van der Waals surface area (Å²) in [7, 11) is 1.69. The number of alkyl halides is 3. The molecule has 14 heavy (non-hydrogen) atoms. The van der Waals surface area contributed by atoms with E-state index in [1.807, 2.05) is 0 Å². The molecule has 78 valence electrons. The van der Waals surface area contributed by atoms with Crippen LogP contribution in [0.15, 0.2) is 0 Å². The third-order valence-corrected chi connectivity index (χ3v) is 2.26. The number of fused-ring (bicyclic) bond motifs is 1. The monoisotopic (exact) mass is 206 g/mol. The predicted molar refractivity (Wildman–Crippen MR) is 44.9 cm³/mol. The molecule has 0 unspecified atom stereocenters. The molecule has 0 spiro atoms. The maximum atomic E-state index is 12.4. The summed E-state index contributed by atoms with van der Waals surface area (Å²) in [5.41, 5.74) is 4.37. The quantitative estimate of drug-likeness (QED) is 0.687. The van der Waals surface area contributed by atoms with Gasteiger partial charge in [0.15, 0.2) is 5.69 Å². The van der Waals surface area contributed by atoms with Crippen LogP contribution in [0.1, 0.15) is 5.69 Å². The van der Waals surface area contributed by atoms with Gasteiger partial charge in [0.05, 0.1) is 0 Å². The number of likely N-dealkylation sites (N-methyl/N-ethyl adjacent to an activating group) is 1. The summed E-state index contributed by atoms with van der Waals surface area (Å²) in [6.07, 6.45) is -4.47. The Bertz CT molecular complexity index is 368. The highest BCUT2D eigenvalue weighted by atomic mass is 19.4. The second-order valence-electron chi connectivity index (χ2n) is 3.22. The summed E-state index contributed by atoms with van der Waals surface area (Å²) < 4.78 is 38.4. The predicted octanol–water partition coefficient (Wildman–Crippen LogP) is 0.934. The zero-order chi connectivity index (χ0) is 10.5. The van der Waals surface area contributed by atoms with Gasteiger partial charge in [-0.2, -0.15) is 13.2 Å². The van der Waals surface area contributed by atoms with Crippen molar-refractivity contribution in [3.05, 3.63) is 5.69 Å². The first-order valence-corrected chi connectivity index (χ1v) is 4.05. The van der Waals surface area contributed by atoms with E-state index in [4.69, 9.17) is 5.73 Å². The number of anilines is 2. The van der Waals surface area contributed by atoms with Crippen LogP contribution in [-0.4, -0.2) is 23.1 Å². The molecule has 2 N–H and O–H groups in total. The zero-order valence-corrected chi connectivity index (χ0v) is 7.47. The number of aromatic nitrogens is 2. The zero-order valence-electron chi connectivity index (χ0n) is 7.47. The lowest BCUT2D eigenvalue weighted by Crippen LogP contribution is -2.16. The van der Waals surface area contributed by atoms with Crippen molar-refractivity contribution in [2.45, 2.75) is 12.7 Å². The van der Waals surface area contributed by atoms with Gasteiger partial charge in [0, 0.05) is 20.1 Å². The van der Waals surface area contributed by atoms with E-state index in [0.29, 0.717) is 13.1 Å². The van der Waals surface area contributed by atoms with Crippen molar-refractivity contribution in [3.63, 3.8) is 0 Å². The molecule has 0 aliphatic carbocycles. The Hall–Kier alpha value is -1.40. The maximum absolute atomic E-state index is 12.4. The van der Waals surface area contributed by atoms with Crippen LogP contribution >= 0.6 is 0 Å². The topological polar surface area (TPSA) is 47.1 Å². The van der Waals surface area contributed by atoms with Crippen LogP contribution in [-0.2, 0) is 12.7 Å². The fraction of sp³-hybridized carbons (Fsp3) is 0.571. The Morgan fingerprint density at radius 2 is 2.00 bits per heavy atom. The number of nitrogen functional groups attached to an aromatic ring is 1. The van der Waals surface area contributed by atoms with Crippen molar-refractivity contribution in [1.82, 2.24) is 9.55 Å². The van der Waals surface area contributed by atoms with Crippen molar-refractivity contribution in [2.24, 2.45) is 0 Å². The van der Waals surface area contributed by atoms with Crippen LogP contribution in [0.5, 0.6) is 0 Å². The molecule has 0 aromatic carbocycles. The van der Waals surface area contributed by atoms with Gasteiger partial charge in [-0.15, -0.1) is 0 Å². The van der Waals surface area contributed by atoms with E-state index >= 15 is 0 Å². The van der Waals surface area contributed by atoms with Crippen LogP contribution in [0.25, 0.3) is 0 Å². The van der Waals surface area contributed by atoms with Crippen LogP contribution in [0.3, 0.4) is 0 Å². The third kappa shape index (κ3) is 1.11. The average molecular weight is 206 g/mol. The number of hydrogen-bond acceptors (Lipinski definition) is 3. The number of hydrogen-bond donors (Lipinski definition) is 1. The molecule has 4 nitrogen and oxygen atoms in total. The molecule has 0 amide bonds. The van der Waals surface area contributed by atoms with Gasteiger partial charge in [-0.05, 0) is 0 Å². The lowest BCUT2D eigenvalue weighted by atomic mass is 10.4. The highest BCUT2D eigenvalue weighted by Gasteiger charge is 2.39. The van der Waals surface area contributed by atoms with Crippen LogP contribution in [0, 0.1) is 0 Å². The standard InChI is InChI=1S/C7H9F3N4/c1-13-2-3-14-5(11)4(7(8,9)10)12-6(13)14/h2-3,11H2,1H3. The summed E-state index contributed by atoms with van der Waals surface area (Å²) >= 11 is 0. The van der Waals surface area contributed by atoms with E-state index < -0.39 is 11.9 Å². The minimum absolute atomic E-state index is 0.287. The Morgan fingerprint density at radius 1 is 1.36 bits per heavy atom. The SMILES string of the molecule is CN1CCn2c1nc(C(F)(F)F)c2N. The van der Waals surface area contributed by atoms with Gasteiger partial charge in [0.2, 0.25) is 5.95 Å². The van der Waals surface area contributed by atoms with Crippen molar-refractivity contribution in [3.8, 4) is 0 Å². The molecule has 1 aromatic heterocycles. The molecule has 7 heteroatoms. The lowest BCUT2D eigenvalue weighted by Gasteiger charge is -2.06. The number of imidazole rings is 1.